The van der Waals surface area contributed by atoms with Crippen LogP contribution < -0.4 is 54.0 Å². The van der Waals surface area contributed by atoms with Gasteiger partial charge in [-0.05, 0) is 122 Å². The molecule has 32 heteroatoms. The average Bonchev–Trinajstić information content (AvgIpc) is 1.66. The number of likely N-dealkylation sites (N-methyl/N-ethyl adjacent to an activating group) is 2. The van der Waals surface area contributed by atoms with Crippen molar-refractivity contribution in [2.24, 2.45) is 23.3 Å². The van der Waals surface area contributed by atoms with Crippen LogP contribution in [0.1, 0.15) is 114 Å². The summed E-state index contributed by atoms with van der Waals surface area (Å²) in [5.74, 6) is -10.9. The summed E-state index contributed by atoms with van der Waals surface area (Å²) < 4.78 is 0. The summed E-state index contributed by atoms with van der Waals surface area (Å²) in [6.07, 6.45) is 4.97. The molecule has 3 fully saturated rings. The number of aromatic amines is 2. The van der Waals surface area contributed by atoms with Gasteiger partial charge in [0.25, 0.3) is 0 Å². The van der Waals surface area contributed by atoms with E-state index in [1.54, 1.807) is 97.7 Å². The van der Waals surface area contributed by atoms with Gasteiger partial charge in [0.05, 0.1) is 0 Å². The molecule has 30 nitrogen and oxygen atoms in total. The number of hydrogen-bond donors (Lipinski definition) is 12. The number of rotatable bonds is 24. The Hall–Kier alpha value is -10.8. The molecule has 0 radical (unpaired) electrons. The van der Waals surface area contributed by atoms with Crippen LogP contribution in [0.4, 0.5) is 0 Å². The lowest BCUT2D eigenvalue weighted by atomic mass is 9.99. The fourth-order valence-corrected chi connectivity index (χ4v) is 15.9. The third-order valence-corrected chi connectivity index (χ3v) is 22.5. The Morgan fingerprint density at radius 2 is 0.711 bits per heavy atom. The number of hydrogen-bond acceptors (Lipinski definition) is 16. The van der Waals surface area contributed by atoms with Crippen molar-refractivity contribution in [3.05, 3.63) is 144 Å². The summed E-state index contributed by atoms with van der Waals surface area (Å²) in [5, 5.41) is 24.1. The number of benzene rings is 4. The summed E-state index contributed by atoms with van der Waals surface area (Å²) >= 11 is 2.73. The lowest BCUT2D eigenvalue weighted by molar-refractivity contribution is -0.144. The zero-order valence-corrected chi connectivity index (χ0v) is 67.5. The highest BCUT2D eigenvalue weighted by molar-refractivity contribution is 7.98. The molecule has 3 saturated heterocycles. The van der Waals surface area contributed by atoms with Gasteiger partial charge in [0.15, 0.2) is 0 Å². The van der Waals surface area contributed by atoms with Gasteiger partial charge in [-0.25, -0.2) is 0 Å². The molecular weight excluding hydrogens is 1500 g/mol. The minimum atomic E-state index is -1.58. The van der Waals surface area contributed by atoms with Gasteiger partial charge in [-0.1, -0.05) is 125 Å². The molecule has 14 amide bonds. The Morgan fingerprint density at radius 3 is 1.05 bits per heavy atom. The van der Waals surface area contributed by atoms with Crippen molar-refractivity contribution < 1.29 is 67.1 Å². The second kappa shape index (κ2) is 41.3. The van der Waals surface area contributed by atoms with Gasteiger partial charge >= 0.3 is 0 Å². The first-order valence-corrected chi connectivity index (χ1v) is 41.6. The molecule has 612 valence electrons. The van der Waals surface area contributed by atoms with Gasteiger partial charge in [0.2, 0.25) is 82.7 Å². The molecule has 3 aliphatic rings. The Labute approximate surface area is 672 Å². The summed E-state index contributed by atoms with van der Waals surface area (Å²) in [4.78, 5) is 219. The number of nitrogens with one attached hydrogen (secondary N) is 10. The lowest BCUT2D eigenvalue weighted by Crippen LogP contribution is -2.61. The van der Waals surface area contributed by atoms with Crippen LogP contribution in [0.15, 0.2) is 122 Å². The number of thioether (sulfide) groups is 2. The van der Waals surface area contributed by atoms with Crippen LogP contribution in [-0.4, -0.2) is 236 Å². The molecule has 0 saturated carbocycles. The highest BCUT2D eigenvalue weighted by Gasteiger charge is 2.46. The van der Waals surface area contributed by atoms with E-state index in [0.717, 1.165) is 0 Å². The molecule has 4 bridgehead atoms. The maximum Gasteiger partial charge on any atom is 0.245 e. The highest BCUT2D eigenvalue weighted by atomic mass is 32.2. The van der Waals surface area contributed by atoms with Crippen molar-refractivity contribution in [2.75, 3.05) is 51.2 Å². The Morgan fingerprint density at radius 1 is 0.395 bits per heavy atom. The molecule has 4 aromatic carbocycles. The topological polar surface area (TPSA) is 432 Å². The first kappa shape index (κ1) is 87.2. The highest BCUT2D eigenvalue weighted by Crippen LogP contribution is 2.28. The van der Waals surface area contributed by atoms with Crippen molar-refractivity contribution in [1.29, 1.82) is 0 Å². The number of para-hydroxylation sites is 2. The number of nitrogens with two attached hydrogens (primary N) is 2. The number of primary amides is 2. The largest absolute Gasteiger partial charge is 0.370 e. The second-order valence-electron chi connectivity index (χ2n) is 30.4. The molecule has 0 aliphatic carbocycles. The standard InChI is InChI=1S/C82H108N16O14S2/c1-47(2)39-67-77(107)89-59(33-37-113-7)73(103)87-57(27-29-69(83)99)71(101)93-64(44-52-46-86-56-26-18-16-24-54(52)56)80(110)96(6)66(42-50-21-13-10-14-22-50)76(106)92-62-32-36-98(82(62)112)68(40-48(3)4)78(108)90-60(34-38-114-8)74(104)88-58(28-30-70(84)100)72(102)94-63(43-51-45-85-55-25-17-15-23-53(51)55)79(109)95(5)65(41-49-19-11-9-12-20-49)75(105)91-61-31-35-97(67)81(61)111/h9-26,45-48,57-68,85-86H,27-44H2,1-8H3,(H2,83,99)(H2,84,100)(H,87,103)(H,88,104)(H,89,107)(H,90,108)(H,91,105)(H,92,106)(H,93,101)(H,94,102). The van der Waals surface area contributed by atoms with E-state index in [0.29, 0.717) is 55.6 Å². The van der Waals surface area contributed by atoms with E-state index in [1.807, 2.05) is 64.1 Å². The van der Waals surface area contributed by atoms with Crippen LogP contribution >= 0.6 is 23.5 Å². The van der Waals surface area contributed by atoms with Crippen molar-refractivity contribution in [3.8, 4) is 0 Å². The molecule has 3 aliphatic heterocycles. The first-order valence-electron chi connectivity index (χ1n) is 38.8. The number of fused-ring (bicyclic) bond motifs is 6. The normalized spacial score (nSPS) is 24.2. The number of carbonyl (C=O) groups is 14. The summed E-state index contributed by atoms with van der Waals surface area (Å²) in [7, 11) is 2.77. The van der Waals surface area contributed by atoms with Crippen LogP contribution in [0.2, 0.25) is 0 Å². The predicted molar refractivity (Wildman–Crippen MR) is 435 cm³/mol. The van der Waals surface area contributed by atoms with Gasteiger partial charge in [-0.15, -0.1) is 0 Å². The maximum atomic E-state index is 15.7. The molecule has 14 N–H and O–H groups in total. The van der Waals surface area contributed by atoms with E-state index in [-0.39, 0.29) is 102 Å². The van der Waals surface area contributed by atoms with E-state index in [2.05, 4.69) is 52.5 Å². The molecule has 5 heterocycles. The van der Waals surface area contributed by atoms with Crippen molar-refractivity contribution in [2.45, 2.75) is 190 Å². The second-order valence-corrected chi connectivity index (χ2v) is 32.4. The quantitative estimate of drug-likeness (QED) is 0.0414. The van der Waals surface area contributed by atoms with E-state index >= 15 is 57.5 Å². The first-order chi connectivity index (χ1) is 54.5. The van der Waals surface area contributed by atoms with Gasteiger partial charge in [0, 0.05) is 99.9 Å². The van der Waals surface area contributed by atoms with Gasteiger partial charge in [-0.3, -0.25) is 67.1 Å². The van der Waals surface area contributed by atoms with E-state index in [1.165, 1.54) is 57.2 Å². The Kier molecular flexibility index (Phi) is 31.6. The molecule has 2 aromatic heterocycles. The van der Waals surface area contributed by atoms with Crippen molar-refractivity contribution >= 4 is 128 Å². The SMILES string of the molecule is CSCCC1NC(=O)C(CC(C)C)N2CCC(NC(=O)C(Cc3ccccc3)N(C)C(=O)C(Cc3c[nH]c4ccccc34)NC(=O)C(CCC(N)=O)NC(=O)C(CCSC)NC(=O)C(CC(C)C)N3CCC(NC(=O)C(Cc4ccccc4)N(C)C(=O)C(Cc4c[nH]c5ccccc45)NC(=O)C(CCC(N)=O)NC1=O)C3=O)C2=O. The smallest absolute Gasteiger partial charge is 0.245 e. The number of H-pyrrole nitrogens is 2. The number of amides is 14. The lowest BCUT2D eigenvalue weighted by Gasteiger charge is -2.33. The van der Waals surface area contributed by atoms with Gasteiger partial charge in [-0.2, -0.15) is 23.5 Å². The summed E-state index contributed by atoms with van der Waals surface area (Å²) in [5.41, 5.74) is 15.2. The minimum absolute atomic E-state index is 0.00622. The van der Waals surface area contributed by atoms with Crippen molar-refractivity contribution in [1.82, 2.24) is 72.1 Å². The average molecular weight is 1610 g/mol. The van der Waals surface area contributed by atoms with Crippen LogP contribution in [0, 0.1) is 11.8 Å². The van der Waals surface area contributed by atoms with Gasteiger partial charge < -0.3 is 83.6 Å². The van der Waals surface area contributed by atoms with Crippen molar-refractivity contribution in [3.63, 3.8) is 0 Å². The number of carbonyl (C=O) groups excluding carboxylic acids is 14. The molecule has 6 aromatic rings. The fraction of sp³-hybridized carbons (Fsp3) is 0.488. The summed E-state index contributed by atoms with van der Waals surface area (Å²) in [6.45, 7) is 7.30. The number of nitrogens with zero attached hydrogens (tertiary/aromatic N) is 4. The minimum Gasteiger partial charge on any atom is -0.370 e. The van der Waals surface area contributed by atoms with Crippen LogP contribution in [0.3, 0.4) is 0 Å². The van der Waals surface area contributed by atoms with Crippen LogP contribution in [0.5, 0.6) is 0 Å². The fourth-order valence-electron chi connectivity index (χ4n) is 14.9. The molecule has 0 spiro atoms. The van der Waals surface area contributed by atoms with E-state index in [9.17, 15) is 9.59 Å². The Balaban J connectivity index is 1.12. The third kappa shape index (κ3) is 23.2. The molecular formula is C82H108N16O14S2. The van der Waals surface area contributed by atoms with Gasteiger partial charge in [0.1, 0.15) is 72.5 Å². The predicted octanol–water partition coefficient (Wildman–Crippen LogP) is 2.80. The van der Waals surface area contributed by atoms with E-state index < -0.39 is 168 Å². The zero-order valence-electron chi connectivity index (χ0n) is 65.8. The molecule has 12 atom stereocenters. The summed E-state index contributed by atoms with van der Waals surface area (Å²) in [6, 6.07) is 15.5. The monoisotopic (exact) mass is 1600 g/mol. The van der Waals surface area contributed by atoms with E-state index in [4.69, 9.17) is 11.5 Å². The maximum absolute atomic E-state index is 15.7. The molecule has 9 rings (SSSR count). The molecule has 12 unspecified atom stereocenters. The van der Waals surface area contributed by atoms with Crippen LogP contribution in [0.25, 0.3) is 21.8 Å². The zero-order chi connectivity index (χ0) is 82.4. The third-order valence-electron chi connectivity index (χ3n) is 21.2. The van der Waals surface area contributed by atoms with Crippen LogP contribution in [-0.2, 0) is 92.8 Å². The molecule has 114 heavy (non-hydrogen) atoms. The number of aromatic nitrogens is 2. The Bertz CT molecular complexity index is 4150.